The van der Waals surface area contributed by atoms with Crippen LogP contribution in [-0.2, 0) is 0 Å². The zero-order valence-electron chi connectivity index (χ0n) is 10.9. The van der Waals surface area contributed by atoms with Crippen LogP contribution in [0.5, 0.6) is 0 Å². The van der Waals surface area contributed by atoms with Crippen molar-refractivity contribution in [2.75, 3.05) is 0 Å². The second-order valence-electron chi connectivity index (χ2n) is 3.42. The summed E-state index contributed by atoms with van der Waals surface area (Å²) >= 11 is 0. The van der Waals surface area contributed by atoms with Gasteiger partial charge in [0.25, 0.3) is 0 Å². The topological polar surface area (TPSA) is 56.0 Å². The minimum absolute atomic E-state index is 0. The minimum Gasteiger partial charge on any atom is -1.00 e. The van der Waals surface area contributed by atoms with Crippen LogP contribution in [0, 0.1) is 16.5 Å². The fourth-order valence-corrected chi connectivity index (χ4v) is 1.43. The molecule has 1 fully saturated rings. The summed E-state index contributed by atoms with van der Waals surface area (Å²) < 4.78 is 0. The first-order valence-corrected chi connectivity index (χ1v) is 5.11. The molecule has 0 amide bonds. The van der Waals surface area contributed by atoms with Crippen molar-refractivity contribution in [1.29, 1.82) is 0 Å². The van der Waals surface area contributed by atoms with Gasteiger partial charge in [0.2, 0.25) is 0 Å². The molecule has 4 nitrogen and oxygen atoms in total. The van der Waals surface area contributed by atoms with Crippen molar-refractivity contribution < 1.29 is 67.0 Å². The summed E-state index contributed by atoms with van der Waals surface area (Å²) in [7, 11) is 0. The van der Waals surface area contributed by atoms with E-state index in [9.17, 15) is 10.1 Å². The third-order valence-electron chi connectivity index (χ3n) is 2.25. The Bertz CT molecular complexity index is 266. The molecule has 1 aliphatic rings. The van der Waals surface area contributed by atoms with Crippen LogP contribution in [0.2, 0.25) is 0 Å². The molecule has 0 bridgehead atoms. The molecular formula is C11H15Cl5N2O2Sb-. The first-order valence-electron chi connectivity index (χ1n) is 5.11. The number of nitrogens with zero attached hydrogens (tertiary/aromatic N) is 2. The number of rotatable bonds is 1. The molecule has 10 heteroatoms. The van der Waals surface area contributed by atoms with Gasteiger partial charge in [0.1, 0.15) is 0 Å². The molecule has 1 aromatic heterocycles. The molecular weight excluding hydrogens is 491 g/mol. The Morgan fingerprint density at radius 1 is 1.05 bits per heavy atom. The van der Waals surface area contributed by atoms with Gasteiger partial charge in [0, 0.05) is 23.7 Å². The molecule has 0 aromatic carbocycles. The molecule has 1 aromatic rings. The molecule has 0 saturated heterocycles. The van der Waals surface area contributed by atoms with Gasteiger partial charge in [0.05, 0.1) is 0 Å². The van der Waals surface area contributed by atoms with Gasteiger partial charge in [0.15, 0.2) is 6.04 Å². The van der Waals surface area contributed by atoms with E-state index in [0.717, 1.165) is 19.3 Å². The Kier molecular flexibility index (Phi) is 46.3. The minimum atomic E-state index is -0.279. The van der Waals surface area contributed by atoms with E-state index in [1.807, 2.05) is 24.6 Å². The van der Waals surface area contributed by atoms with Gasteiger partial charge < -0.3 is 68.5 Å². The monoisotopic (exact) mass is 503 g/mol. The Hall–Kier alpha value is 0.818. The largest absolute Gasteiger partial charge is 5.00 e. The summed E-state index contributed by atoms with van der Waals surface area (Å²) in [5.41, 5.74) is 0. The predicted molar refractivity (Wildman–Crippen MR) is 63.5 cm³/mol. The maximum Gasteiger partial charge on any atom is 5.00 e. The average molecular weight is 506 g/mol. The molecule has 1 heterocycles. The molecule has 1 atom stereocenters. The Balaban J connectivity index is -0.0000000431. The van der Waals surface area contributed by atoms with Crippen LogP contribution in [-0.4, -0.2) is 40.4 Å². The standard InChI is InChI=1S/C6H10NO2.C5H5N.5ClH.Sb/c8-7(9)6-4-2-1-3-5-6;1-2-4-6-5-3-1;;;;;;/h2,6H,1,3-5H2;1-5H;5*1H;/q-1;;;;;;;+5/p-5. The molecule has 2 rings (SSSR count). The van der Waals surface area contributed by atoms with Gasteiger partial charge in [-0.3, -0.25) is 15.1 Å². The second kappa shape index (κ2) is 25.8. The van der Waals surface area contributed by atoms with E-state index in [2.05, 4.69) is 4.98 Å². The van der Waals surface area contributed by atoms with Gasteiger partial charge >= 0.3 is 24.4 Å². The van der Waals surface area contributed by atoms with Crippen molar-refractivity contribution in [3.05, 3.63) is 47.1 Å². The summed E-state index contributed by atoms with van der Waals surface area (Å²) in [4.78, 5) is 13.8. The predicted octanol–water partition coefficient (Wildman–Crippen LogP) is -12.9. The summed E-state index contributed by atoms with van der Waals surface area (Å²) in [5, 5.41) is 10.1. The maximum atomic E-state index is 10.1. The van der Waals surface area contributed by atoms with Crippen molar-refractivity contribution in [3.63, 3.8) is 0 Å². The molecule has 0 spiro atoms. The van der Waals surface area contributed by atoms with Crippen molar-refractivity contribution in [1.82, 2.24) is 4.98 Å². The van der Waals surface area contributed by atoms with Crippen LogP contribution in [0.3, 0.4) is 0 Å². The van der Waals surface area contributed by atoms with Crippen LogP contribution >= 0.6 is 0 Å². The van der Waals surface area contributed by atoms with Crippen LogP contribution < -0.4 is 62.0 Å². The van der Waals surface area contributed by atoms with Crippen LogP contribution in [0.1, 0.15) is 25.7 Å². The number of hydrogen-bond acceptors (Lipinski definition) is 3. The summed E-state index contributed by atoms with van der Waals surface area (Å²) in [6.45, 7) is 0. The first kappa shape index (κ1) is 37.8. The van der Waals surface area contributed by atoms with Crippen molar-refractivity contribution in [2.24, 2.45) is 0 Å². The normalized spacial score (nSPS) is 14.2. The Morgan fingerprint density at radius 3 is 1.76 bits per heavy atom. The van der Waals surface area contributed by atoms with Crippen LogP contribution in [0.25, 0.3) is 0 Å². The molecule has 1 unspecified atom stereocenters. The van der Waals surface area contributed by atoms with Gasteiger partial charge in [-0.15, -0.1) is 6.42 Å². The third-order valence-corrected chi connectivity index (χ3v) is 2.25. The number of pyridine rings is 1. The van der Waals surface area contributed by atoms with Gasteiger partial charge in [-0.25, -0.2) is 0 Å². The van der Waals surface area contributed by atoms with Crippen molar-refractivity contribution >= 4 is 24.4 Å². The number of halogens is 5. The van der Waals surface area contributed by atoms with E-state index in [1.165, 1.54) is 0 Å². The zero-order chi connectivity index (χ0) is 10.9. The van der Waals surface area contributed by atoms with Gasteiger partial charge in [-0.2, -0.15) is 6.42 Å². The smallest absolute Gasteiger partial charge is 1.00 e. The molecule has 21 heavy (non-hydrogen) atoms. The molecule has 1 aliphatic carbocycles. The first-order chi connectivity index (χ1) is 7.30. The number of aromatic nitrogens is 1. The van der Waals surface area contributed by atoms with Crippen LogP contribution in [0.15, 0.2) is 30.6 Å². The Morgan fingerprint density at radius 2 is 1.57 bits per heavy atom. The molecule has 0 N–H and O–H groups in total. The van der Waals surface area contributed by atoms with Crippen LogP contribution in [0.4, 0.5) is 0 Å². The summed E-state index contributed by atoms with van der Waals surface area (Å²) in [5.74, 6) is 0. The van der Waals surface area contributed by atoms with E-state index in [-0.39, 0.29) is 97.4 Å². The van der Waals surface area contributed by atoms with Gasteiger partial charge in [-0.1, -0.05) is 12.5 Å². The van der Waals surface area contributed by atoms with E-state index >= 15 is 0 Å². The zero-order valence-corrected chi connectivity index (χ0v) is 17.3. The third kappa shape index (κ3) is 20.8. The fraction of sp³-hybridized carbons (Fsp3) is 0.455. The molecule has 1 saturated carbocycles. The van der Waals surface area contributed by atoms with Crippen molar-refractivity contribution in [2.45, 2.75) is 31.7 Å². The number of nitro groups is 1. The van der Waals surface area contributed by atoms with E-state index in [4.69, 9.17) is 0 Å². The van der Waals surface area contributed by atoms with E-state index < -0.39 is 0 Å². The number of hydrogen-bond donors (Lipinski definition) is 0. The maximum absolute atomic E-state index is 10.1. The quantitative estimate of drug-likeness (QED) is 0.165. The summed E-state index contributed by atoms with van der Waals surface area (Å²) in [6, 6.07) is 5.44. The summed E-state index contributed by atoms with van der Waals surface area (Å²) in [6.07, 6.45) is 9.00. The van der Waals surface area contributed by atoms with E-state index in [0.29, 0.717) is 6.42 Å². The molecule has 0 radical (unpaired) electrons. The average Bonchev–Trinajstić information content (AvgIpc) is 2.33. The Labute approximate surface area is 174 Å². The SMILES string of the molecule is O=[N+]([O-])C1C[CH-]CCC1.[Cl-].[Cl-].[Cl-].[Cl-].[Cl-].[Sb+5].c1ccncc1. The van der Waals surface area contributed by atoms with Crippen molar-refractivity contribution in [3.8, 4) is 0 Å². The fourth-order valence-electron chi connectivity index (χ4n) is 1.43. The second-order valence-corrected chi connectivity index (χ2v) is 3.42. The molecule has 0 aliphatic heterocycles. The van der Waals surface area contributed by atoms with E-state index in [1.54, 1.807) is 12.4 Å². The molecule has 122 valence electrons. The van der Waals surface area contributed by atoms with Gasteiger partial charge in [-0.05, 0) is 12.1 Å².